The highest BCUT2D eigenvalue weighted by Crippen LogP contribution is 2.31. The maximum Gasteiger partial charge on any atom is 0.309 e. The van der Waals surface area contributed by atoms with E-state index in [4.69, 9.17) is 9.84 Å². The number of hydrogen-bond acceptors (Lipinski definition) is 3. The van der Waals surface area contributed by atoms with Gasteiger partial charge in [0.25, 0.3) is 0 Å². The Morgan fingerprint density at radius 1 is 1.47 bits per heavy atom. The van der Waals surface area contributed by atoms with E-state index in [-0.39, 0.29) is 0 Å². The summed E-state index contributed by atoms with van der Waals surface area (Å²) in [6.45, 7) is 5.67. The first kappa shape index (κ1) is 12.8. The van der Waals surface area contributed by atoms with E-state index in [9.17, 15) is 4.79 Å². The number of nitrogens with zero attached hydrogens (tertiary/aromatic N) is 1. The average Bonchev–Trinajstić information content (AvgIpc) is 2.81. The molecule has 0 spiro atoms. The van der Waals surface area contributed by atoms with Crippen LogP contribution in [0, 0.1) is 5.41 Å². The van der Waals surface area contributed by atoms with Crippen LogP contribution < -0.4 is 0 Å². The van der Waals surface area contributed by atoms with E-state index in [0.717, 1.165) is 45.5 Å². The second kappa shape index (κ2) is 5.36. The second-order valence-corrected chi connectivity index (χ2v) is 5.63. The van der Waals surface area contributed by atoms with Crippen molar-refractivity contribution in [2.24, 2.45) is 5.41 Å². The van der Waals surface area contributed by atoms with Gasteiger partial charge in [-0.05, 0) is 52.1 Å². The molecule has 0 aromatic carbocycles. The molecule has 2 aliphatic heterocycles. The third-order valence-corrected chi connectivity index (χ3v) is 4.27. The summed E-state index contributed by atoms with van der Waals surface area (Å²) in [6, 6.07) is 0. The van der Waals surface area contributed by atoms with Crippen LogP contribution in [0.5, 0.6) is 0 Å². The molecule has 4 nitrogen and oxygen atoms in total. The van der Waals surface area contributed by atoms with Crippen molar-refractivity contribution in [1.82, 2.24) is 4.90 Å². The summed E-state index contributed by atoms with van der Waals surface area (Å²) in [6.07, 6.45) is 5.48. The lowest BCUT2D eigenvalue weighted by Gasteiger charge is -2.36. The summed E-state index contributed by atoms with van der Waals surface area (Å²) in [7, 11) is 0. The zero-order valence-corrected chi connectivity index (χ0v) is 10.7. The van der Waals surface area contributed by atoms with Crippen LogP contribution >= 0.6 is 0 Å². The van der Waals surface area contributed by atoms with E-state index in [2.05, 4.69) is 4.90 Å². The van der Waals surface area contributed by atoms with Gasteiger partial charge in [0, 0.05) is 13.2 Å². The van der Waals surface area contributed by atoms with Crippen molar-refractivity contribution in [3.63, 3.8) is 0 Å². The molecule has 0 aromatic heterocycles. The number of piperidine rings is 1. The molecule has 0 aliphatic carbocycles. The van der Waals surface area contributed by atoms with Gasteiger partial charge >= 0.3 is 5.97 Å². The molecule has 0 bridgehead atoms. The Kier molecular flexibility index (Phi) is 4.05. The third kappa shape index (κ3) is 3.19. The second-order valence-electron chi connectivity index (χ2n) is 5.63. The molecule has 2 saturated heterocycles. The number of hydrogen-bond donors (Lipinski definition) is 1. The number of carboxylic acid groups (broad SMARTS) is 1. The van der Waals surface area contributed by atoms with Crippen LogP contribution in [0.1, 0.15) is 39.0 Å². The van der Waals surface area contributed by atoms with Gasteiger partial charge in [0.15, 0.2) is 0 Å². The molecular formula is C13H23NO3. The minimum Gasteiger partial charge on any atom is -0.481 e. The van der Waals surface area contributed by atoms with Crippen LogP contribution in [-0.2, 0) is 9.53 Å². The van der Waals surface area contributed by atoms with Crippen molar-refractivity contribution in [1.29, 1.82) is 0 Å². The van der Waals surface area contributed by atoms with E-state index < -0.39 is 11.4 Å². The van der Waals surface area contributed by atoms with Crippen molar-refractivity contribution in [3.8, 4) is 0 Å². The molecular weight excluding hydrogens is 218 g/mol. The van der Waals surface area contributed by atoms with Crippen molar-refractivity contribution in [2.45, 2.75) is 45.1 Å². The fourth-order valence-corrected chi connectivity index (χ4v) is 2.68. The fourth-order valence-electron chi connectivity index (χ4n) is 2.68. The molecule has 2 fully saturated rings. The zero-order valence-electron chi connectivity index (χ0n) is 10.7. The standard InChI is InChI=1S/C13H23NO3/c1-13(12(15)16)5-8-14(9-6-13)7-4-11-3-2-10-17-11/h11H,2-10H2,1H3,(H,15,16). The van der Waals surface area contributed by atoms with Crippen LogP contribution in [-0.4, -0.2) is 48.3 Å². The van der Waals surface area contributed by atoms with Crippen molar-refractivity contribution < 1.29 is 14.6 Å². The number of carboxylic acids is 1. The van der Waals surface area contributed by atoms with E-state index >= 15 is 0 Å². The Bertz CT molecular complexity index is 266. The number of ether oxygens (including phenoxy) is 1. The average molecular weight is 241 g/mol. The van der Waals surface area contributed by atoms with Crippen LogP contribution in [0.25, 0.3) is 0 Å². The summed E-state index contributed by atoms with van der Waals surface area (Å²) < 4.78 is 5.60. The van der Waals surface area contributed by atoms with Gasteiger partial charge in [-0.1, -0.05) is 0 Å². The maximum atomic E-state index is 11.1. The first-order valence-corrected chi connectivity index (χ1v) is 6.67. The van der Waals surface area contributed by atoms with Crippen LogP contribution in [0.4, 0.5) is 0 Å². The first-order valence-electron chi connectivity index (χ1n) is 6.67. The van der Waals surface area contributed by atoms with E-state index in [1.807, 2.05) is 6.92 Å². The molecule has 0 aromatic rings. The molecule has 0 amide bonds. The summed E-state index contributed by atoms with van der Waals surface area (Å²) in [5.41, 5.74) is -0.500. The van der Waals surface area contributed by atoms with Crippen molar-refractivity contribution in [3.05, 3.63) is 0 Å². The highest BCUT2D eigenvalue weighted by Gasteiger charge is 2.36. The summed E-state index contributed by atoms with van der Waals surface area (Å²) >= 11 is 0. The minimum absolute atomic E-state index is 0.447. The van der Waals surface area contributed by atoms with Crippen LogP contribution in [0.2, 0.25) is 0 Å². The molecule has 0 radical (unpaired) electrons. The smallest absolute Gasteiger partial charge is 0.309 e. The van der Waals surface area contributed by atoms with Crippen LogP contribution in [0.3, 0.4) is 0 Å². The van der Waals surface area contributed by atoms with E-state index in [0.29, 0.717) is 6.10 Å². The molecule has 4 heteroatoms. The molecule has 98 valence electrons. The number of carbonyl (C=O) groups is 1. The lowest BCUT2D eigenvalue weighted by Crippen LogP contribution is -2.43. The molecule has 1 atom stereocenters. The normalized spacial score (nSPS) is 29.4. The summed E-state index contributed by atoms with van der Waals surface area (Å²) in [4.78, 5) is 13.5. The quantitative estimate of drug-likeness (QED) is 0.814. The van der Waals surface area contributed by atoms with Crippen molar-refractivity contribution >= 4 is 5.97 Å². The largest absolute Gasteiger partial charge is 0.481 e. The first-order chi connectivity index (χ1) is 8.10. The summed E-state index contributed by atoms with van der Waals surface area (Å²) in [5, 5.41) is 9.15. The summed E-state index contributed by atoms with van der Waals surface area (Å²) in [5.74, 6) is -0.642. The number of aliphatic carboxylic acids is 1. The molecule has 2 heterocycles. The van der Waals surface area contributed by atoms with Crippen molar-refractivity contribution in [2.75, 3.05) is 26.2 Å². The number of likely N-dealkylation sites (tertiary alicyclic amines) is 1. The van der Waals surface area contributed by atoms with Gasteiger partial charge in [-0.3, -0.25) is 4.79 Å². The molecule has 1 unspecified atom stereocenters. The number of rotatable bonds is 4. The Morgan fingerprint density at radius 3 is 2.71 bits per heavy atom. The van der Waals surface area contributed by atoms with Gasteiger partial charge in [-0.25, -0.2) is 0 Å². The highest BCUT2D eigenvalue weighted by atomic mass is 16.5. The Balaban J connectivity index is 1.70. The minimum atomic E-state index is -0.642. The Labute approximate surface area is 103 Å². The van der Waals surface area contributed by atoms with E-state index in [1.165, 1.54) is 12.8 Å². The Morgan fingerprint density at radius 2 is 2.18 bits per heavy atom. The Hall–Kier alpha value is -0.610. The predicted molar refractivity (Wildman–Crippen MR) is 65.0 cm³/mol. The molecule has 2 rings (SSSR count). The van der Waals surface area contributed by atoms with Gasteiger partial charge in [-0.15, -0.1) is 0 Å². The lowest BCUT2D eigenvalue weighted by molar-refractivity contribution is -0.150. The SMILES string of the molecule is CC1(C(=O)O)CCN(CCC2CCCO2)CC1. The molecule has 1 N–H and O–H groups in total. The van der Waals surface area contributed by atoms with Gasteiger partial charge in [0.1, 0.15) is 0 Å². The fraction of sp³-hybridized carbons (Fsp3) is 0.923. The predicted octanol–water partition coefficient (Wildman–Crippen LogP) is 1.74. The van der Waals surface area contributed by atoms with E-state index in [1.54, 1.807) is 0 Å². The van der Waals surface area contributed by atoms with Gasteiger partial charge in [-0.2, -0.15) is 0 Å². The van der Waals surface area contributed by atoms with Gasteiger partial charge < -0.3 is 14.7 Å². The topological polar surface area (TPSA) is 49.8 Å². The highest BCUT2D eigenvalue weighted by molar-refractivity contribution is 5.74. The lowest BCUT2D eigenvalue weighted by atomic mass is 9.80. The van der Waals surface area contributed by atoms with Gasteiger partial charge in [0.05, 0.1) is 11.5 Å². The maximum absolute atomic E-state index is 11.1. The third-order valence-electron chi connectivity index (χ3n) is 4.27. The monoisotopic (exact) mass is 241 g/mol. The zero-order chi connectivity index (χ0) is 12.3. The molecule has 17 heavy (non-hydrogen) atoms. The van der Waals surface area contributed by atoms with Gasteiger partial charge in [0.2, 0.25) is 0 Å². The molecule has 2 aliphatic rings. The van der Waals surface area contributed by atoms with Crippen LogP contribution in [0.15, 0.2) is 0 Å². The molecule has 0 saturated carbocycles.